The number of aromatic nitrogens is 3. The summed E-state index contributed by atoms with van der Waals surface area (Å²) >= 11 is 2.73. The number of carbonyl (C=O) groups excluding carboxylic acids is 1. The Hall–Kier alpha value is -3.45. The molecule has 3 aromatic rings. The van der Waals surface area contributed by atoms with Gasteiger partial charge in [-0.2, -0.15) is 0 Å². The average Bonchev–Trinajstić information content (AvgIpc) is 3.35. The highest BCUT2D eigenvalue weighted by Crippen LogP contribution is 2.36. The number of halogens is 1. The third-order valence-electron chi connectivity index (χ3n) is 5.65. The number of aromatic carboxylic acids is 1. The number of anilines is 2. The van der Waals surface area contributed by atoms with Crippen LogP contribution >= 0.6 is 23.1 Å². The van der Waals surface area contributed by atoms with Crippen molar-refractivity contribution in [3.63, 3.8) is 0 Å². The lowest BCUT2D eigenvalue weighted by Gasteiger charge is -2.39. The van der Waals surface area contributed by atoms with E-state index in [1.165, 1.54) is 29.3 Å². The molecule has 2 aliphatic rings. The summed E-state index contributed by atoms with van der Waals surface area (Å²) < 4.78 is 16.6. The molecular formula is C21H19FN6O4S2. The molecule has 176 valence electrons. The summed E-state index contributed by atoms with van der Waals surface area (Å²) in [5.74, 6) is -2.70. The summed E-state index contributed by atoms with van der Waals surface area (Å²) in [7, 11) is 1.80. The number of carboxylic acid groups (broad SMARTS) is 1. The maximum atomic E-state index is 15.0. The molecule has 2 aliphatic heterocycles. The van der Waals surface area contributed by atoms with Gasteiger partial charge < -0.3 is 24.8 Å². The van der Waals surface area contributed by atoms with Gasteiger partial charge in [-0.05, 0) is 18.4 Å². The molecule has 1 amide bonds. The molecule has 0 saturated carbocycles. The van der Waals surface area contributed by atoms with Crippen LogP contribution in [0.1, 0.15) is 21.5 Å². The number of hydrogen-bond acceptors (Lipinski definition) is 9. The zero-order valence-electron chi connectivity index (χ0n) is 18.1. The first-order valence-corrected chi connectivity index (χ1v) is 12.1. The minimum Gasteiger partial charge on any atom is -0.477 e. The van der Waals surface area contributed by atoms with Crippen molar-refractivity contribution in [1.82, 2.24) is 19.4 Å². The summed E-state index contributed by atoms with van der Waals surface area (Å²) in [5, 5.41) is 16.3. The number of carbonyl (C=O) groups is 2. The fourth-order valence-electron chi connectivity index (χ4n) is 3.85. The van der Waals surface area contributed by atoms with Crippen LogP contribution in [-0.2, 0) is 4.79 Å². The number of fused-ring (bicyclic) bond motifs is 1. The van der Waals surface area contributed by atoms with E-state index in [1.54, 1.807) is 16.5 Å². The van der Waals surface area contributed by atoms with Crippen LogP contribution in [0.15, 0.2) is 34.0 Å². The SMILES string of the molecule is Cc1csc(NC(=O)C2CN(c3nc4c(cc3F)c(=O)c(C(=O)O)cn4C3SC=CN3C)C2)n1. The number of nitrogens with zero attached hydrogens (tertiary/aromatic N) is 5. The topological polar surface area (TPSA) is 121 Å². The molecule has 0 aromatic carbocycles. The van der Waals surface area contributed by atoms with Gasteiger partial charge in [0, 0.05) is 37.9 Å². The largest absolute Gasteiger partial charge is 0.477 e. The van der Waals surface area contributed by atoms with Crippen LogP contribution in [0, 0.1) is 18.7 Å². The number of amides is 1. The van der Waals surface area contributed by atoms with Crippen molar-refractivity contribution < 1.29 is 19.1 Å². The molecule has 1 atom stereocenters. The number of thiazole rings is 1. The molecule has 3 aromatic heterocycles. The van der Waals surface area contributed by atoms with Crippen molar-refractivity contribution in [2.75, 3.05) is 30.4 Å². The molecule has 0 radical (unpaired) electrons. The van der Waals surface area contributed by atoms with E-state index in [4.69, 9.17) is 0 Å². The third kappa shape index (κ3) is 3.80. The van der Waals surface area contributed by atoms with Gasteiger partial charge in [-0.3, -0.25) is 9.59 Å². The van der Waals surface area contributed by atoms with Gasteiger partial charge in [-0.25, -0.2) is 19.2 Å². The summed E-state index contributed by atoms with van der Waals surface area (Å²) in [5.41, 5.74) is -0.652. The van der Waals surface area contributed by atoms with E-state index in [1.807, 2.05) is 28.8 Å². The van der Waals surface area contributed by atoms with Crippen LogP contribution < -0.4 is 15.6 Å². The highest BCUT2D eigenvalue weighted by Gasteiger charge is 2.36. The minimum absolute atomic E-state index is 0.0106. The Morgan fingerprint density at radius 3 is 2.68 bits per heavy atom. The number of pyridine rings is 2. The monoisotopic (exact) mass is 502 g/mol. The lowest BCUT2D eigenvalue weighted by Crippen LogP contribution is -2.52. The first-order chi connectivity index (χ1) is 16.2. The predicted molar refractivity (Wildman–Crippen MR) is 128 cm³/mol. The van der Waals surface area contributed by atoms with Gasteiger partial charge >= 0.3 is 5.97 Å². The maximum absolute atomic E-state index is 15.0. The van der Waals surface area contributed by atoms with E-state index in [0.717, 1.165) is 11.8 Å². The molecular weight excluding hydrogens is 483 g/mol. The Balaban J connectivity index is 1.47. The van der Waals surface area contributed by atoms with Gasteiger partial charge in [0.25, 0.3) is 0 Å². The number of hydrogen-bond donors (Lipinski definition) is 2. The average molecular weight is 503 g/mol. The fourth-order valence-corrected chi connectivity index (χ4v) is 5.50. The summed E-state index contributed by atoms with van der Waals surface area (Å²) in [6.45, 7) is 2.34. The molecule has 0 bridgehead atoms. The van der Waals surface area contributed by atoms with Crippen LogP contribution in [0.2, 0.25) is 0 Å². The van der Waals surface area contributed by atoms with Crippen molar-refractivity contribution >= 4 is 57.0 Å². The van der Waals surface area contributed by atoms with Crippen molar-refractivity contribution in [3.05, 3.63) is 56.5 Å². The first-order valence-electron chi connectivity index (χ1n) is 10.2. The highest BCUT2D eigenvalue weighted by molar-refractivity contribution is 8.02. The molecule has 0 spiro atoms. The number of thioether (sulfide) groups is 1. The van der Waals surface area contributed by atoms with E-state index < -0.39 is 22.8 Å². The van der Waals surface area contributed by atoms with Gasteiger partial charge in [-0.15, -0.1) is 11.3 Å². The maximum Gasteiger partial charge on any atom is 0.341 e. The number of nitrogens with one attached hydrogen (secondary N) is 1. The molecule has 5 rings (SSSR count). The number of carboxylic acids is 1. The first kappa shape index (κ1) is 22.3. The van der Waals surface area contributed by atoms with Gasteiger partial charge in [0.05, 0.1) is 17.0 Å². The molecule has 34 heavy (non-hydrogen) atoms. The summed E-state index contributed by atoms with van der Waals surface area (Å²) in [6.07, 6.45) is 3.05. The molecule has 13 heteroatoms. The Labute approximate surface area is 200 Å². The zero-order valence-corrected chi connectivity index (χ0v) is 19.7. The standard InChI is InChI=1S/C21H19FN6O4S2/c1-10-9-34-20(23-10)25-18(30)11-6-27(7-11)17-14(22)5-12-15(29)13(19(31)32)8-28(16(12)24-17)21-26(2)3-4-33-21/h3-5,8-9,11,21H,6-7H2,1-2H3,(H,31,32)(H,23,25,30). The second-order valence-electron chi connectivity index (χ2n) is 8.05. The van der Waals surface area contributed by atoms with E-state index in [9.17, 15) is 19.5 Å². The molecule has 0 aliphatic carbocycles. The Morgan fingerprint density at radius 2 is 2.06 bits per heavy atom. The quantitative estimate of drug-likeness (QED) is 0.542. The van der Waals surface area contributed by atoms with E-state index in [2.05, 4.69) is 15.3 Å². The van der Waals surface area contributed by atoms with Crippen LogP contribution in [0.3, 0.4) is 0 Å². The van der Waals surface area contributed by atoms with Crippen LogP contribution in [0.5, 0.6) is 0 Å². The normalized spacial score (nSPS) is 17.9. The van der Waals surface area contributed by atoms with Gasteiger partial charge in [0.1, 0.15) is 11.2 Å². The zero-order chi connectivity index (χ0) is 24.1. The second-order valence-corrected chi connectivity index (χ2v) is 9.87. The molecule has 1 unspecified atom stereocenters. The van der Waals surface area contributed by atoms with E-state index in [0.29, 0.717) is 5.13 Å². The summed E-state index contributed by atoms with van der Waals surface area (Å²) in [6, 6.07) is 1.03. The third-order valence-corrected chi connectivity index (χ3v) is 7.61. The van der Waals surface area contributed by atoms with Crippen molar-refractivity contribution in [2.24, 2.45) is 5.92 Å². The number of rotatable bonds is 5. The van der Waals surface area contributed by atoms with Crippen molar-refractivity contribution in [2.45, 2.75) is 12.4 Å². The second kappa shape index (κ2) is 8.40. The Bertz CT molecular complexity index is 1410. The van der Waals surface area contributed by atoms with Crippen molar-refractivity contribution in [1.29, 1.82) is 0 Å². The van der Waals surface area contributed by atoms with Gasteiger partial charge in [0.15, 0.2) is 22.3 Å². The van der Waals surface area contributed by atoms with Gasteiger partial charge in [-0.1, -0.05) is 11.8 Å². The minimum atomic E-state index is -1.39. The molecule has 1 fully saturated rings. The lowest BCUT2D eigenvalue weighted by molar-refractivity contribution is -0.120. The van der Waals surface area contributed by atoms with Crippen LogP contribution in [0.25, 0.3) is 11.0 Å². The highest BCUT2D eigenvalue weighted by atomic mass is 32.2. The van der Waals surface area contributed by atoms with Crippen LogP contribution in [-0.4, -0.2) is 56.6 Å². The van der Waals surface area contributed by atoms with Crippen LogP contribution in [0.4, 0.5) is 15.3 Å². The molecule has 5 heterocycles. The smallest absolute Gasteiger partial charge is 0.341 e. The Kier molecular flexibility index (Phi) is 5.52. The molecule has 2 N–H and O–H groups in total. The van der Waals surface area contributed by atoms with E-state index >= 15 is 4.39 Å². The summed E-state index contributed by atoms with van der Waals surface area (Å²) in [4.78, 5) is 49.0. The number of aryl methyl sites for hydroxylation is 1. The fraction of sp³-hybridized carbons (Fsp3) is 0.286. The van der Waals surface area contributed by atoms with Crippen molar-refractivity contribution in [3.8, 4) is 0 Å². The molecule has 1 saturated heterocycles. The Morgan fingerprint density at radius 1 is 1.29 bits per heavy atom. The predicted octanol–water partition coefficient (Wildman–Crippen LogP) is 2.68. The van der Waals surface area contributed by atoms with E-state index in [-0.39, 0.29) is 47.3 Å². The lowest BCUT2D eigenvalue weighted by atomic mass is 9.99. The molecule has 10 nitrogen and oxygen atoms in total. The van der Waals surface area contributed by atoms with Gasteiger partial charge in [0.2, 0.25) is 11.3 Å².